The molecular formula is C24H28BrFN2O2. The van der Waals surface area contributed by atoms with Crippen molar-refractivity contribution in [3.05, 3.63) is 52.3 Å². The molecule has 0 spiro atoms. The number of fused-ring (bicyclic) bond motifs is 1. The van der Waals surface area contributed by atoms with Crippen molar-refractivity contribution in [2.45, 2.75) is 38.1 Å². The Morgan fingerprint density at radius 1 is 0.900 bits per heavy atom. The second-order valence-electron chi connectivity index (χ2n) is 8.67. The summed E-state index contributed by atoms with van der Waals surface area (Å²) in [6.45, 7) is 4.81. The van der Waals surface area contributed by atoms with Crippen LogP contribution in [-0.2, 0) is 6.42 Å². The van der Waals surface area contributed by atoms with Crippen LogP contribution in [0.1, 0.15) is 31.2 Å². The summed E-state index contributed by atoms with van der Waals surface area (Å²) in [6.07, 6.45) is 5.77. The Hall–Kier alpha value is -1.79. The molecule has 30 heavy (non-hydrogen) atoms. The Balaban J connectivity index is 1.11. The third-order valence-electron chi connectivity index (χ3n) is 6.87. The van der Waals surface area contributed by atoms with Gasteiger partial charge in [-0.3, -0.25) is 0 Å². The molecule has 0 N–H and O–H groups in total. The summed E-state index contributed by atoms with van der Waals surface area (Å²) in [6, 6.07) is 12.0. The Morgan fingerprint density at radius 3 is 2.47 bits per heavy atom. The summed E-state index contributed by atoms with van der Waals surface area (Å²) in [7, 11) is 0. The third kappa shape index (κ3) is 4.30. The molecule has 0 aromatic heterocycles. The first-order chi connectivity index (χ1) is 14.7. The van der Waals surface area contributed by atoms with Crippen molar-refractivity contribution in [3.63, 3.8) is 0 Å². The van der Waals surface area contributed by atoms with Crippen molar-refractivity contribution in [2.24, 2.45) is 5.92 Å². The SMILES string of the molecule is Fc1ccc(Br)c(CC2CCN(C3CCN(c4ccc5c(c4)OCO5)CC3)CC2)c1. The molecule has 3 aliphatic heterocycles. The number of hydrogen-bond acceptors (Lipinski definition) is 4. The highest BCUT2D eigenvalue weighted by atomic mass is 79.9. The average molecular weight is 475 g/mol. The molecule has 4 nitrogen and oxygen atoms in total. The molecule has 160 valence electrons. The number of hydrogen-bond donors (Lipinski definition) is 0. The Morgan fingerprint density at radius 2 is 1.67 bits per heavy atom. The average Bonchev–Trinajstić information content (AvgIpc) is 3.25. The Labute approximate surface area is 186 Å². The first kappa shape index (κ1) is 20.1. The first-order valence-corrected chi connectivity index (χ1v) is 11.8. The molecule has 6 heteroatoms. The summed E-state index contributed by atoms with van der Waals surface area (Å²) in [4.78, 5) is 5.15. The van der Waals surface area contributed by atoms with Crippen LogP contribution in [0.4, 0.5) is 10.1 Å². The number of anilines is 1. The zero-order valence-electron chi connectivity index (χ0n) is 17.2. The number of halogens is 2. The standard InChI is InChI=1S/C24H28BrFN2O2/c25-22-3-1-19(26)14-18(22)13-17-5-9-27(10-6-17)20-7-11-28(12-8-20)21-2-4-23-24(15-21)30-16-29-23/h1-4,14-15,17,20H,5-13,16H2. The van der Waals surface area contributed by atoms with Crippen LogP contribution in [0, 0.1) is 11.7 Å². The minimum atomic E-state index is -0.139. The fraction of sp³-hybridized carbons (Fsp3) is 0.500. The van der Waals surface area contributed by atoms with E-state index < -0.39 is 0 Å². The minimum Gasteiger partial charge on any atom is -0.454 e. The van der Waals surface area contributed by atoms with Gasteiger partial charge in [-0.1, -0.05) is 15.9 Å². The predicted octanol–water partition coefficient (Wildman–Crippen LogP) is 5.24. The van der Waals surface area contributed by atoms with Crippen LogP contribution in [-0.4, -0.2) is 43.9 Å². The molecule has 3 heterocycles. The summed E-state index contributed by atoms with van der Waals surface area (Å²) in [5.41, 5.74) is 2.34. The van der Waals surface area contributed by atoms with E-state index in [-0.39, 0.29) is 5.82 Å². The van der Waals surface area contributed by atoms with Crippen molar-refractivity contribution in [1.29, 1.82) is 0 Å². The van der Waals surface area contributed by atoms with E-state index in [1.54, 1.807) is 6.07 Å². The largest absolute Gasteiger partial charge is 0.454 e. The second-order valence-corrected chi connectivity index (χ2v) is 9.53. The molecule has 0 bridgehead atoms. The van der Waals surface area contributed by atoms with E-state index in [1.807, 2.05) is 12.1 Å². The van der Waals surface area contributed by atoms with Crippen molar-refractivity contribution < 1.29 is 13.9 Å². The molecule has 0 amide bonds. The van der Waals surface area contributed by atoms with E-state index in [1.165, 1.54) is 37.4 Å². The molecule has 0 saturated carbocycles. The molecule has 0 aliphatic carbocycles. The third-order valence-corrected chi connectivity index (χ3v) is 7.64. The first-order valence-electron chi connectivity index (χ1n) is 11.0. The number of nitrogens with zero attached hydrogens (tertiary/aromatic N) is 2. The zero-order valence-corrected chi connectivity index (χ0v) is 18.7. The molecule has 2 aromatic carbocycles. The van der Waals surface area contributed by atoms with Crippen molar-refractivity contribution in [3.8, 4) is 11.5 Å². The fourth-order valence-electron chi connectivity index (χ4n) is 5.10. The number of rotatable bonds is 4. The van der Waals surface area contributed by atoms with Gasteiger partial charge in [0.15, 0.2) is 11.5 Å². The van der Waals surface area contributed by atoms with Crippen LogP contribution in [0.5, 0.6) is 11.5 Å². The summed E-state index contributed by atoms with van der Waals surface area (Å²) >= 11 is 3.58. The van der Waals surface area contributed by atoms with Crippen molar-refractivity contribution >= 4 is 21.6 Å². The van der Waals surface area contributed by atoms with Gasteiger partial charge in [0.05, 0.1) is 0 Å². The van der Waals surface area contributed by atoms with Gasteiger partial charge < -0.3 is 19.3 Å². The maximum atomic E-state index is 13.6. The van der Waals surface area contributed by atoms with Crippen LogP contribution in [0.25, 0.3) is 0 Å². The maximum Gasteiger partial charge on any atom is 0.231 e. The van der Waals surface area contributed by atoms with Gasteiger partial charge in [0.2, 0.25) is 6.79 Å². The number of ether oxygens (including phenoxy) is 2. The molecule has 5 rings (SSSR count). The number of piperidine rings is 2. The van der Waals surface area contributed by atoms with Gasteiger partial charge >= 0.3 is 0 Å². The van der Waals surface area contributed by atoms with Crippen LogP contribution in [0.3, 0.4) is 0 Å². The van der Waals surface area contributed by atoms with Gasteiger partial charge in [0.25, 0.3) is 0 Å². The van der Waals surface area contributed by atoms with Crippen LogP contribution >= 0.6 is 15.9 Å². The lowest BCUT2D eigenvalue weighted by molar-refractivity contribution is 0.115. The van der Waals surface area contributed by atoms with Gasteiger partial charge in [-0.15, -0.1) is 0 Å². The van der Waals surface area contributed by atoms with Crippen LogP contribution in [0.15, 0.2) is 40.9 Å². The molecule has 3 aliphatic rings. The van der Waals surface area contributed by atoms with Gasteiger partial charge in [0, 0.05) is 35.4 Å². The number of likely N-dealkylation sites (tertiary alicyclic amines) is 1. The quantitative estimate of drug-likeness (QED) is 0.604. The van der Waals surface area contributed by atoms with E-state index in [2.05, 4.69) is 37.9 Å². The number of benzene rings is 2. The van der Waals surface area contributed by atoms with E-state index in [4.69, 9.17) is 9.47 Å². The highest BCUT2D eigenvalue weighted by molar-refractivity contribution is 9.10. The van der Waals surface area contributed by atoms with Crippen molar-refractivity contribution in [1.82, 2.24) is 4.90 Å². The topological polar surface area (TPSA) is 24.9 Å². The van der Waals surface area contributed by atoms with Gasteiger partial charge in [0.1, 0.15) is 5.82 Å². The molecule has 0 radical (unpaired) electrons. The van der Waals surface area contributed by atoms with E-state index >= 15 is 0 Å². The van der Waals surface area contributed by atoms with Crippen molar-refractivity contribution in [2.75, 3.05) is 37.9 Å². The van der Waals surface area contributed by atoms with E-state index in [0.29, 0.717) is 18.8 Å². The lowest BCUT2D eigenvalue weighted by Crippen LogP contribution is -2.48. The molecule has 0 unspecified atom stereocenters. The summed E-state index contributed by atoms with van der Waals surface area (Å²) in [5.74, 6) is 2.22. The van der Waals surface area contributed by atoms with Crippen LogP contribution in [0.2, 0.25) is 0 Å². The molecule has 2 aromatic rings. The lowest BCUT2D eigenvalue weighted by Gasteiger charge is -2.42. The van der Waals surface area contributed by atoms with Crippen LogP contribution < -0.4 is 14.4 Å². The zero-order chi connectivity index (χ0) is 20.5. The highest BCUT2D eigenvalue weighted by Crippen LogP contribution is 2.36. The predicted molar refractivity (Wildman–Crippen MR) is 120 cm³/mol. The van der Waals surface area contributed by atoms with E-state index in [0.717, 1.165) is 54.1 Å². The summed E-state index contributed by atoms with van der Waals surface area (Å²) < 4.78 is 25.6. The monoisotopic (exact) mass is 474 g/mol. The smallest absolute Gasteiger partial charge is 0.231 e. The Kier molecular flexibility index (Phi) is 5.87. The Bertz CT molecular complexity index is 893. The van der Waals surface area contributed by atoms with Gasteiger partial charge in [-0.25, -0.2) is 4.39 Å². The minimum absolute atomic E-state index is 0.139. The highest BCUT2D eigenvalue weighted by Gasteiger charge is 2.29. The van der Waals surface area contributed by atoms with E-state index in [9.17, 15) is 4.39 Å². The normalized spacial score (nSPS) is 20.7. The maximum absolute atomic E-state index is 13.6. The van der Waals surface area contributed by atoms with Gasteiger partial charge in [-0.2, -0.15) is 0 Å². The second kappa shape index (κ2) is 8.75. The van der Waals surface area contributed by atoms with Gasteiger partial charge in [-0.05, 0) is 87.0 Å². The molecule has 0 atom stereocenters. The fourth-order valence-corrected chi connectivity index (χ4v) is 5.51. The summed E-state index contributed by atoms with van der Waals surface area (Å²) in [5, 5.41) is 0. The molecule has 2 fully saturated rings. The molecular weight excluding hydrogens is 447 g/mol. The molecule has 2 saturated heterocycles. The lowest BCUT2D eigenvalue weighted by atomic mass is 9.88.